The van der Waals surface area contributed by atoms with E-state index in [1.54, 1.807) is 6.92 Å². The summed E-state index contributed by atoms with van der Waals surface area (Å²) >= 11 is 5.86. The van der Waals surface area contributed by atoms with Crippen LogP contribution in [0.2, 0.25) is 0 Å². The van der Waals surface area contributed by atoms with Gasteiger partial charge in [0.15, 0.2) is 11.5 Å². The fraction of sp³-hybridized carbons (Fsp3) is 0.600. The van der Waals surface area contributed by atoms with Gasteiger partial charge in [0.2, 0.25) is 23.6 Å². The lowest BCUT2D eigenvalue weighted by Crippen LogP contribution is -3.07. The second-order valence-corrected chi connectivity index (χ2v) is 13.5. The molecule has 1 aromatic rings. The molecule has 6 aliphatic rings. The molecule has 6 saturated carbocycles. The highest BCUT2D eigenvalue weighted by Gasteiger charge is 3.06. The number of amidine groups is 1. The number of rotatable bonds is 10. The van der Waals surface area contributed by atoms with E-state index in [-0.39, 0.29) is 40.6 Å². The fourth-order valence-electron chi connectivity index (χ4n) is 8.31. The van der Waals surface area contributed by atoms with Crippen LogP contribution in [0.1, 0.15) is 13.8 Å². The SMILES string of the molecule is C=NC(=N/C=C(\C)Cl)[C@@H](OC)[C@H](C)S(=O)(=O)N=C(NNC(=O)C12C3C4C5C3C1C5C42)Nc1c(OC)ncnc1OC. The first-order chi connectivity index (χ1) is 19.6. The molecule has 0 aromatic carbocycles. The van der Waals surface area contributed by atoms with Crippen molar-refractivity contribution in [1.82, 2.24) is 20.8 Å². The zero-order valence-corrected chi connectivity index (χ0v) is 24.6. The number of aromatic nitrogens is 2. The number of nitrogens with one attached hydrogen (secondary N) is 3. The monoisotopic (exact) mass is 606 g/mol. The zero-order chi connectivity index (χ0) is 29.4. The summed E-state index contributed by atoms with van der Waals surface area (Å²) in [4.78, 5) is 29.4. The number of guanidine groups is 1. The van der Waals surface area contributed by atoms with Crippen molar-refractivity contribution in [2.24, 2.45) is 61.2 Å². The van der Waals surface area contributed by atoms with Crippen molar-refractivity contribution in [3.05, 3.63) is 17.6 Å². The van der Waals surface area contributed by atoms with Crippen LogP contribution in [0.25, 0.3) is 0 Å². The number of hydrazine groups is 1. The summed E-state index contributed by atoms with van der Waals surface area (Å²) in [6, 6.07) is 0. The highest BCUT2D eigenvalue weighted by Crippen LogP contribution is 3.05. The van der Waals surface area contributed by atoms with E-state index in [1.165, 1.54) is 40.8 Å². The van der Waals surface area contributed by atoms with E-state index < -0.39 is 21.4 Å². The summed E-state index contributed by atoms with van der Waals surface area (Å²) in [5.74, 6) is 3.93. The number of halogens is 1. The third-order valence-electron chi connectivity index (χ3n) is 9.73. The molecule has 0 aliphatic heterocycles. The molecule has 220 valence electrons. The molecule has 3 N–H and O–H groups in total. The van der Waals surface area contributed by atoms with Crippen molar-refractivity contribution in [3.8, 4) is 11.8 Å². The summed E-state index contributed by atoms with van der Waals surface area (Å²) in [6.07, 6.45) is 1.39. The smallest absolute Gasteiger partial charge is 0.262 e. The van der Waals surface area contributed by atoms with Crippen molar-refractivity contribution in [2.75, 3.05) is 26.6 Å². The number of carbonyl (C=O) groups excluding carboxylic acids is 1. The van der Waals surface area contributed by atoms with Gasteiger partial charge in [0.05, 0.1) is 19.6 Å². The van der Waals surface area contributed by atoms with Crippen molar-refractivity contribution < 1.29 is 27.4 Å². The highest BCUT2D eigenvalue weighted by atomic mass is 35.5. The Balaban J connectivity index is 1.27. The maximum absolute atomic E-state index is 13.6. The molecule has 1 heterocycles. The largest absolute Gasteiger partial charge is 0.479 e. The summed E-state index contributed by atoms with van der Waals surface area (Å²) in [7, 11) is -0.272. The van der Waals surface area contributed by atoms with E-state index in [1.807, 2.05) is 0 Å². The van der Waals surface area contributed by atoms with Crippen LogP contribution in [0, 0.1) is 46.8 Å². The second kappa shape index (κ2) is 9.63. The number of nitrogens with zero attached hydrogens (tertiary/aromatic N) is 5. The lowest BCUT2D eigenvalue weighted by Gasteiger charge is -3.06. The van der Waals surface area contributed by atoms with Gasteiger partial charge in [0, 0.05) is 18.3 Å². The Kier molecular flexibility index (Phi) is 6.54. The number of ether oxygens (including phenoxy) is 3. The maximum atomic E-state index is 13.6. The van der Waals surface area contributed by atoms with Crippen molar-refractivity contribution in [3.63, 3.8) is 0 Å². The molecule has 16 heteroatoms. The van der Waals surface area contributed by atoms with Crippen molar-refractivity contribution >= 4 is 51.7 Å². The average Bonchev–Trinajstić information content (AvgIpc) is 2.97. The lowest BCUT2D eigenvalue weighted by atomic mass is 8.96. The van der Waals surface area contributed by atoms with Gasteiger partial charge < -0.3 is 19.5 Å². The number of hydrogen-bond donors (Lipinski definition) is 3. The van der Waals surface area contributed by atoms with Crippen LogP contribution in [0.4, 0.5) is 5.69 Å². The van der Waals surface area contributed by atoms with Crippen LogP contribution in [-0.2, 0) is 19.6 Å². The quantitative estimate of drug-likeness (QED) is 0.199. The minimum atomic E-state index is -4.35. The number of amides is 1. The Morgan fingerprint density at radius 2 is 1.68 bits per heavy atom. The molecule has 1 amide bonds. The Morgan fingerprint density at radius 3 is 2.17 bits per heavy atom. The third kappa shape index (κ3) is 3.54. The Bertz CT molecular complexity index is 1440. The van der Waals surface area contributed by atoms with Crippen molar-refractivity contribution in [1.29, 1.82) is 0 Å². The van der Waals surface area contributed by atoms with Crippen LogP contribution in [-0.4, -0.2) is 75.5 Å². The first-order valence-corrected chi connectivity index (χ1v) is 15.0. The Labute approximate surface area is 242 Å². The molecule has 6 fully saturated rings. The van der Waals surface area contributed by atoms with Crippen molar-refractivity contribution in [2.45, 2.75) is 25.2 Å². The average molecular weight is 607 g/mol. The first kappa shape index (κ1) is 27.8. The van der Waals surface area contributed by atoms with Gasteiger partial charge in [-0.25, -0.2) is 18.4 Å². The molecular formula is C25H31ClN8O6S. The minimum Gasteiger partial charge on any atom is -0.479 e. The Morgan fingerprint density at radius 1 is 1.10 bits per heavy atom. The molecular weight excluding hydrogens is 576 g/mol. The molecule has 0 unspecified atom stereocenters. The topological polar surface area (TPSA) is 178 Å². The number of carbonyl (C=O) groups is 1. The predicted molar refractivity (Wildman–Crippen MR) is 150 cm³/mol. The highest BCUT2D eigenvalue weighted by molar-refractivity contribution is 7.91. The van der Waals surface area contributed by atoms with Crippen LogP contribution in [0.5, 0.6) is 11.8 Å². The first-order valence-electron chi connectivity index (χ1n) is 13.1. The van der Waals surface area contributed by atoms with Crippen LogP contribution in [0.3, 0.4) is 0 Å². The molecule has 0 spiro atoms. The number of anilines is 1. The number of allylic oxidation sites excluding steroid dienone is 1. The molecule has 14 nitrogen and oxygen atoms in total. The second-order valence-electron chi connectivity index (χ2n) is 11.0. The lowest BCUT2D eigenvalue weighted by molar-refractivity contribution is -0.596. The number of hydrogen-bond acceptors (Lipinski definition) is 9. The summed E-state index contributed by atoms with van der Waals surface area (Å²) in [5, 5.41) is 1.89. The molecule has 6 aliphatic carbocycles. The molecule has 0 radical (unpaired) electrons. The Hall–Kier alpha value is -3.30. The van der Waals surface area contributed by atoms with Gasteiger partial charge in [0.25, 0.3) is 10.0 Å². The predicted octanol–water partition coefficient (Wildman–Crippen LogP) is 1.18. The van der Waals surface area contributed by atoms with E-state index in [2.05, 4.69) is 47.2 Å². The van der Waals surface area contributed by atoms with Gasteiger partial charge >= 0.3 is 0 Å². The van der Waals surface area contributed by atoms with E-state index in [4.69, 9.17) is 25.8 Å². The van der Waals surface area contributed by atoms with Gasteiger partial charge in [-0.3, -0.25) is 15.6 Å². The number of aliphatic imine (C=N–C) groups is 2. The van der Waals surface area contributed by atoms with E-state index >= 15 is 0 Å². The van der Waals surface area contributed by atoms with Crippen LogP contribution >= 0.6 is 11.6 Å². The van der Waals surface area contributed by atoms with Gasteiger partial charge in [0.1, 0.15) is 17.7 Å². The maximum Gasteiger partial charge on any atom is 0.262 e. The van der Waals surface area contributed by atoms with E-state index in [0.29, 0.717) is 40.5 Å². The third-order valence-corrected chi connectivity index (χ3v) is 11.5. The van der Waals surface area contributed by atoms with Gasteiger partial charge in [-0.05, 0) is 62.0 Å². The summed E-state index contributed by atoms with van der Waals surface area (Å²) in [6.45, 7) is 6.46. The zero-order valence-electron chi connectivity index (χ0n) is 23.0. The summed E-state index contributed by atoms with van der Waals surface area (Å²) in [5.41, 5.74) is 5.16. The fourth-order valence-corrected chi connectivity index (χ4v) is 9.41. The minimum absolute atomic E-state index is 0.00504. The van der Waals surface area contributed by atoms with E-state index in [9.17, 15) is 13.2 Å². The van der Waals surface area contributed by atoms with Crippen LogP contribution < -0.4 is 25.6 Å². The van der Waals surface area contributed by atoms with Gasteiger partial charge in [-0.15, -0.1) is 4.40 Å². The van der Waals surface area contributed by atoms with E-state index in [0.717, 1.165) is 5.92 Å². The normalized spacial score (nSPS) is 35.2. The molecule has 0 bridgehead atoms. The number of methoxy groups -OCH3 is 3. The molecule has 0 saturated heterocycles. The van der Waals surface area contributed by atoms with Gasteiger partial charge in [-0.2, -0.15) is 9.97 Å². The molecule has 2 atom stereocenters. The standard InChI is InChI=1S/C25H31ClN8O6S/c1-9(26)7-28-20(27-3)19(38-4)10(2)41(36,37)34-24(31-18-21(39-5)29-8-30-22(18)40-6)33-32-23(35)25-15-12-11-13(15)17(25)14(11)16(12)25/h7-8,10-17,19H,3H2,1-2,4-6H3,(H,32,35)(H2,31,33,34)/b9-7+,28-20?/t10-,11?,12?,13?,14?,15?,16?,17?,19-,25?/m0/s1. The molecule has 1 aromatic heterocycles. The summed E-state index contributed by atoms with van der Waals surface area (Å²) < 4.78 is 47.1. The van der Waals surface area contributed by atoms with Gasteiger partial charge in [-0.1, -0.05) is 11.6 Å². The number of sulfonamides is 1. The molecule has 41 heavy (non-hydrogen) atoms. The molecule has 7 rings (SSSR count). The van der Waals surface area contributed by atoms with Crippen LogP contribution in [0.15, 0.2) is 31.9 Å².